The van der Waals surface area contributed by atoms with Crippen molar-refractivity contribution in [2.24, 2.45) is 0 Å². The molecule has 3 heterocycles. The number of pyridine rings is 1. The van der Waals surface area contributed by atoms with Gasteiger partial charge in [-0.3, -0.25) is 4.79 Å². The number of hydrogen-bond acceptors (Lipinski definition) is 6. The van der Waals surface area contributed by atoms with Crippen LogP contribution in [-0.4, -0.2) is 57.8 Å². The molecule has 7 nitrogen and oxygen atoms in total. The fourth-order valence-corrected chi connectivity index (χ4v) is 3.36. The predicted molar refractivity (Wildman–Crippen MR) is 110 cm³/mol. The lowest BCUT2D eigenvalue weighted by atomic mass is 10.1. The van der Waals surface area contributed by atoms with Gasteiger partial charge in [0.25, 0.3) is 0 Å². The first-order chi connectivity index (χ1) is 13.4. The van der Waals surface area contributed by atoms with E-state index < -0.39 is 0 Å². The SMILES string of the molecule is Cc1nc(Nc2ncccc2C)cc([C@H]2CCCN2C(=O)/C=C/CN(C)C)n1. The van der Waals surface area contributed by atoms with E-state index in [-0.39, 0.29) is 11.9 Å². The van der Waals surface area contributed by atoms with E-state index in [1.54, 1.807) is 12.3 Å². The lowest BCUT2D eigenvalue weighted by Gasteiger charge is -2.23. The first kappa shape index (κ1) is 19.9. The number of carbonyl (C=O) groups excluding carboxylic acids is 1. The highest BCUT2D eigenvalue weighted by Gasteiger charge is 2.30. The Labute approximate surface area is 166 Å². The summed E-state index contributed by atoms with van der Waals surface area (Å²) in [5.74, 6) is 2.19. The molecule has 0 unspecified atom stereocenters. The summed E-state index contributed by atoms with van der Waals surface area (Å²) in [5.41, 5.74) is 1.92. The number of nitrogens with zero attached hydrogens (tertiary/aromatic N) is 5. The average Bonchev–Trinajstić information content (AvgIpc) is 3.13. The second kappa shape index (κ2) is 8.93. The maximum atomic E-state index is 12.7. The fraction of sp³-hybridized carbons (Fsp3) is 0.429. The molecule has 1 N–H and O–H groups in total. The van der Waals surface area contributed by atoms with Crippen molar-refractivity contribution in [3.8, 4) is 0 Å². The number of rotatable bonds is 6. The van der Waals surface area contributed by atoms with Crippen LogP contribution in [0, 0.1) is 13.8 Å². The Hall–Kier alpha value is -2.80. The van der Waals surface area contributed by atoms with Crippen LogP contribution < -0.4 is 5.32 Å². The Balaban J connectivity index is 1.80. The number of aryl methyl sites for hydroxylation is 2. The second-order valence-corrected chi connectivity index (χ2v) is 7.37. The Morgan fingerprint density at radius 1 is 1.36 bits per heavy atom. The van der Waals surface area contributed by atoms with Gasteiger partial charge in [0.2, 0.25) is 5.91 Å². The van der Waals surface area contributed by atoms with Crippen molar-refractivity contribution in [3.63, 3.8) is 0 Å². The van der Waals surface area contributed by atoms with E-state index in [2.05, 4.69) is 20.3 Å². The smallest absolute Gasteiger partial charge is 0.246 e. The normalized spacial score (nSPS) is 16.9. The molecule has 0 aliphatic carbocycles. The molecule has 1 amide bonds. The lowest BCUT2D eigenvalue weighted by molar-refractivity contribution is -0.127. The van der Waals surface area contributed by atoms with Crippen molar-refractivity contribution in [1.29, 1.82) is 0 Å². The molecule has 1 aliphatic heterocycles. The molecular formula is C21H28N6O. The summed E-state index contributed by atoms with van der Waals surface area (Å²) in [4.78, 5) is 30.1. The topological polar surface area (TPSA) is 74.2 Å². The highest BCUT2D eigenvalue weighted by Crippen LogP contribution is 2.32. The molecule has 2 aromatic rings. The number of amides is 1. The third-order valence-corrected chi connectivity index (χ3v) is 4.72. The van der Waals surface area contributed by atoms with Gasteiger partial charge < -0.3 is 15.1 Å². The van der Waals surface area contributed by atoms with Gasteiger partial charge in [-0.05, 0) is 52.4 Å². The number of hydrogen-bond donors (Lipinski definition) is 1. The fourth-order valence-electron chi connectivity index (χ4n) is 3.36. The van der Waals surface area contributed by atoms with Crippen LogP contribution in [0.15, 0.2) is 36.5 Å². The van der Waals surface area contributed by atoms with Crippen molar-refractivity contribution in [1.82, 2.24) is 24.8 Å². The summed E-state index contributed by atoms with van der Waals surface area (Å²) in [6.45, 7) is 5.37. The van der Waals surface area contributed by atoms with Gasteiger partial charge in [-0.2, -0.15) is 0 Å². The van der Waals surface area contributed by atoms with Crippen molar-refractivity contribution in [2.75, 3.05) is 32.5 Å². The van der Waals surface area contributed by atoms with E-state index >= 15 is 0 Å². The summed E-state index contributed by atoms with van der Waals surface area (Å²) in [6, 6.07) is 5.81. The first-order valence-corrected chi connectivity index (χ1v) is 9.60. The Morgan fingerprint density at radius 2 is 2.18 bits per heavy atom. The van der Waals surface area contributed by atoms with Gasteiger partial charge in [-0.25, -0.2) is 15.0 Å². The highest BCUT2D eigenvalue weighted by atomic mass is 16.2. The standard InChI is InChI=1S/C21H28N6O/c1-15-8-5-11-22-21(15)25-19-14-17(23-16(2)24-19)18-9-6-13-27(18)20(28)10-7-12-26(3)4/h5,7-8,10-11,14,18H,6,9,12-13H2,1-4H3,(H,22,23,24,25)/b10-7+/t18-/m1/s1. The summed E-state index contributed by atoms with van der Waals surface area (Å²) in [5, 5.41) is 3.28. The van der Waals surface area contributed by atoms with Crippen LogP contribution in [0.25, 0.3) is 0 Å². The van der Waals surface area contributed by atoms with Gasteiger partial charge in [-0.1, -0.05) is 12.1 Å². The quantitative estimate of drug-likeness (QED) is 0.777. The van der Waals surface area contributed by atoms with E-state index in [1.807, 2.05) is 62.0 Å². The van der Waals surface area contributed by atoms with Crippen LogP contribution in [0.4, 0.5) is 11.6 Å². The van der Waals surface area contributed by atoms with E-state index in [0.29, 0.717) is 11.6 Å². The van der Waals surface area contributed by atoms with Gasteiger partial charge >= 0.3 is 0 Å². The number of carbonyl (C=O) groups is 1. The number of likely N-dealkylation sites (N-methyl/N-ethyl adjacent to an activating group) is 1. The minimum absolute atomic E-state index is 0.0245. The molecule has 148 valence electrons. The zero-order valence-electron chi connectivity index (χ0n) is 17.0. The molecule has 0 bridgehead atoms. The molecule has 1 fully saturated rings. The number of nitrogens with one attached hydrogen (secondary N) is 1. The van der Waals surface area contributed by atoms with Gasteiger partial charge in [-0.15, -0.1) is 0 Å². The van der Waals surface area contributed by atoms with Crippen LogP contribution in [-0.2, 0) is 4.79 Å². The molecule has 1 saturated heterocycles. The van der Waals surface area contributed by atoms with Crippen molar-refractivity contribution >= 4 is 17.5 Å². The maximum Gasteiger partial charge on any atom is 0.246 e. The second-order valence-electron chi connectivity index (χ2n) is 7.37. The molecular weight excluding hydrogens is 352 g/mol. The van der Waals surface area contributed by atoms with Crippen molar-refractivity contribution < 1.29 is 4.79 Å². The average molecular weight is 380 g/mol. The third kappa shape index (κ3) is 4.92. The molecule has 0 aromatic carbocycles. The first-order valence-electron chi connectivity index (χ1n) is 9.60. The lowest BCUT2D eigenvalue weighted by Crippen LogP contribution is -2.30. The molecule has 0 spiro atoms. The molecule has 0 radical (unpaired) electrons. The third-order valence-electron chi connectivity index (χ3n) is 4.72. The van der Waals surface area contributed by atoms with Crippen LogP contribution in [0.2, 0.25) is 0 Å². The molecule has 0 saturated carbocycles. The van der Waals surface area contributed by atoms with E-state index in [9.17, 15) is 4.79 Å². The predicted octanol–water partition coefficient (Wildman–Crippen LogP) is 3.01. The van der Waals surface area contributed by atoms with Gasteiger partial charge in [0, 0.05) is 31.4 Å². The summed E-state index contributed by atoms with van der Waals surface area (Å²) >= 11 is 0. The van der Waals surface area contributed by atoms with Gasteiger partial charge in [0.1, 0.15) is 17.5 Å². The molecule has 3 rings (SSSR count). The van der Waals surface area contributed by atoms with E-state index in [0.717, 1.165) is 43.0 Å². The zero-order valence-corrected chi connectivity index (χ0v) is 17.0. The van der Waals surface area contributed by atoms with Crippen molar-refractivity contribution in [3.05, 3.63) is 53.6 Å². The monoisotopic (exact) mass is 380 g/mol. The van der Waals surface area contributed by atoms with Crippen LogP contribution >= 0.6 is 0 Å². The number of aromatic nitrogens is 3. The number of anilines is 2. The zero-order chi connectivity index (χ0) is 20.1. The minimum atomic E-state index is -0.0245. The Morgan fingerprint density at radius 3 is 2.93 bits per heavy atom. The maximum absolute atomic E-state index is 12.7. The molecule has 2 aromatic heterocycles. The Kier molecular flexibility index (Phi) is 6.36. The van der Waals surface area contributed by atoms with Gasteiger partial charge in [0.05, 0.1) is 11.7 Å². The summed E-state index contributed by atoms with van der Waals surface area (Å²) < 4.78 is 0. The van der Waals surface area contributed by atoms with E-state index in [4.69, 9.17) is 0 Å². The van der Waals surface area contributed by atoms with Crippen LogP contribution in [0.3, 0.4) is 0 Å². The Bertz CT molecular complexity index is 864. The van der Waals surface area contributed by atoms with Crippen molar-refractivity contribution in [2.45, 2.75) is 32.7 Å². The largest absolute Gasteiger partial charge is 0.331 e. The molecule has 28 heavy (non-hydrogen) atoms. The van der Waals surface area contributed by atoms with Crippen LogP contribution in [0.5, 0.6) is 0 Å². The summed E-state index contributed by atoms with van der Waals surface area (Å²) in [7, 11) is 3.96. The number of likely N-dealkylation sites (tertiary alicyclic amines) is 1. The van der Waals surface area contributed by atoms with Crippen LogP contribution in [0.1, 0.15) is 36.0 Å². The molecule has 1 atom stereocenters. The molecule has 1 aliphatic rings. The van der Waals surface area contributed by atoms with E-state index in [1.165, 1.54) is 0 Å². The summed E-state index contributed by atoms with van der Waals surface area (Å²) in [6.07, 6.45) is 7.21. The van der Waals surface area contributed by atoms with Gasteiger partial charge in [0.15, 0.2) is 0 Å². The minimum Gasteiger partial charge on any atom is -0.331 e. The molecule has 7 heteroatoms. The highest BCUT2D eigenvalue weighted by molar-refractivity contribution is 5.88.